The highest BCUT2D eigenvalue weighted by Crippen LogP contribution is 2.23. The standard InChI is InChI=1S/C16H26O3/c1-3-13(11-15-7-5-9-17-15)19-14(4-2)12-16-8-6-10-18-16/h3-4,13-16H,1-2,5-12H2. The van der Waals surface area contributed by atoms with Crippen molar-refractivity contribution >= 4 is 0 Å². The lowest BCUT2D eigenvalue weighted by Gasteiger charge is -2.24. The predicted molar refractivity (Wildman–Crippen MR) is 76.2 cm³/mol. The first-order valence-corrected chi connectivity index (χ1v) is 7.45. The maximum Gasteiger partial charge on any atom is 0.0786 e. The molecule has 2 fully saturated rings. The average Bonchev–Trinajstić information content (AvgIpc) is 3.10. The van der Waals surface area contributed by atoms with Crippen molar-refractivity contribution < 1.29 is 14.2 Å². The van der Waals surface area contributed by atoms with Gasteiger partial charge in [0.05, 0.1) is 24.4 Å². The Morgan fingerprint density at radius 1 is 0.947 bits per heavy atom. The zero-order valence-corrected chi connectivity index (χ0v) is 11.8. The summed E-state index contributed by atoms with van der Waals surface area (Å²) in [5.41, 5.74) is 0. The Morgan fingerprint density at radius 3 is 1.74 bits per heavy atom. The molecule has 0 saturated carbocycles. The van der Waals surface area contributed by atoms with E-state index in [1.54, 1.807) is 0 Å². The molecule has 2 heterocycles. The summed E-state index contributed by atoms with van der Waals surface area (Å²) in [5.74, 6) is 0. The van der Waals surface area contributed by atoms with E-state index in [9.17, 15) is 0 Å². The van der Waals surface area contributed by atoms with Gasteiger partial charge in [-0.05, 0) is 25.7 Å². The molecule has 0 aliphatic carbocycles. The molecule has 2 aliphatic heterocycles. The SMILES string of the molecule is C=CC(CC1CCCO1)OC(C=C)CC1CCCO1. The van der Waals surface area contributed by atoms with Gasteiger partial charge in [0.15, 0.2) is 0 Å². The van der Waals surface area contributed by atoms with Crippen LogP contribution in [0.25, 0.3) is 0 Å². The predicted octanol–water partition coefficient (Wildman–Crippen LogP) is 3.25. The van der Waals surface area contributed by atoms with Crippen LogP contribution in [-0.2, 0) is 14.2 Å². The monoisotopic (exact) mass is 266 g/mol. The Labute approximate surface area is 116 Å². The molecule has 108 valence electrons. The van der Waals surface area contributed by atoms with E-state index in [0.29, 0.717) is 12.2 Å². The smallest absolute Gasteiger partial charge is 0.0786 e. The molecular weight excluding hydrogens is 240 g/mol. The van der Waals surface area contributed by atoms with Crippen LogP contribution in [0.1, 0.15) is 38.5 Å². The highest BCUT2D eigenvalue weighted by atomic mass is 16.5. The van der Waals surface area contributed by atoms with Crippen LogP contribution < -0.4 is 0 Å². The lowest BCUT2D eigenvalue weighted by atomic mass is 10.1. The second-order valence-corrected chi connectivity index (χ2v) is 5.43. The van der Waals surface area contributed by atoms with E-state index in [0.717, 1.165) is 51.7 Å². The molecule has 0 aromatic rings. The van der Waals surface area contributed by atoms with Crippen LogP contribution in [0.15, 0.2) is 25.3 Å². The molecule has 0 radical (unpaired) electrons. The molecule has 0 aromatic carbocycles. The molecule has 2 saturated heterocycles. The van der Waals surface area contributed by atoms with Crippen molar-refractivity contribution in [2.24, 2.45) is 0 Å². The molecule has 0 aromatic heterocycles. The fraction of sp³-hybridized carbons (Fsp3) is 0.750. The van der Waals surface area contributed by atoms with Gasteiger partial charge in [-0.1, -0.05) is 12.2 Å². The summed E-state index contributed by atoms with van der Waals surface area (Å²) in [6.45, 7) is 9.52. The molecule has 0 amide bonds. The van der Waals surface area contributed by atoms with E-state index >= 15 is 0 Å². The third kappa shape index (κ3) is 4.75. The van der Waals surface area contributed by atoms with Crippen molar-refractivity contribution in [1.29, 1.82) is 0 Å². The number of hydrogen-bond donors (Lipinski definition) is 0. The van der Waals surface area contributed by atoms with Crippen molar-refractivity contribution in [2.75, 3.05) is 13.2 Å². The summed E-state index contributed by atoms with van der Waals surface area (Å²) in [5, 5.41) is 0. The van der Waals surface area contributed by atoms with Crippen molar-refractivity contribution in [2.45, 2.75) is 62.9 Å². The molecule has 2 aliphatic rings. The van der Waals surface area contributed by atoms with Crippen LogP contribution in [0.4, 0.5) is 0 Å². The molecular formula is C16H26O3. The Hall–Kier alpha value is -0.640. The lowest BCUT2D eigenvalue weighted by Crippen LogP contribution is -2.26. The molecule has 19 heavy (non-hydrogen) atoms. The van der Waals surface area contributed by atoms with Gasteiger partial charge < -0.3 is 14.2 Å². The van der Waals surface area contributed by atoms with Crippen LogP contribution in [0.2, 0.25) is 0 Å². The van der Waals surface area contributed by atoms with E-state index in [2.05, 4.69) is 13.2 Å². The largest absolute Gasteiger partial charge is 0.378 e. The maximum absolute atomic E-state index is 6.08. The Kier molecular flexibility index (Phi) is 6.08. The quantitative estimate of drug-likeness (QED) is 0.631. The van der Waals surface area contributed by atoms with Gasteiger partial charge in [-0.25, -0.2) is 0 Å². The molecule has 2 rings (SSSR count). The first kappa shape index (κ1) is 14.8. The zero-order chi connectivity index (χ0) is 13.5. The third-order valence-electron chi connectivity index (χ3n) is 3.91. The molecule has 3 heteroatoms. The lowest BCUT2D eigenvalue weighted by molar-refractivity contribution is -0.0204. The number of ether oxygens (including phenoxy) is 3. The van der Waals surface area contributed by atoms with Crippen molar-refractivity contribution in [3.8, 4) is 0 Å². The summed E-state index contributed by atoms with van der Waals surface area (Å²) in [7, 11) is 0. The van der Waals surface area contributed by atoms with Crippen molar-refractivity contribution in [3.05, 3.63) is 25.3 Å². The molecule has 4 unspecified atom stereocenters. The maximum atomic E-state index is 6.08. The van der Waals surface area contributed by atoms with Crippen molar-refractivity contribution in [1.82, 2.24) is 0 Å². The average molecular weight is 266 g/mol. The van der Waals surface area contributed by atoms with Crippen molar-refractivity contribution in [3.63, 3.8) is 0 Å². The fourth-order valence-electron chi connectivity index (χ4n) is 2.82. The van der Waals surface area contributed by atoms with Crippen LogP contribution in [0.3, 0.4) is 0 Å². The fourth-order valence-corrected chi connectivity index (χ4v) is 2.82. The second-order valence-electron chi connectivity index (χ2n) is 5.43. The minimum Gasteiger partial charge on any atom is -0.378 e. The first-order chi connectivity index (χ1) is 9.31. The highest BCUT2D eigenvalue weighted by molar-refractivity contribution is 4.90. The number of rotatable bonds is 8. The number of hydrogen-bond acceptors (Lipinski definition) is 3. The minimum absolute atomic E-state index is 0.0486. The molecule has 0 spiro atoms. The third-order valence-corrected chi connectivity index (χ3v) is 3.91. The Morgan fingerprint density at radius 2 is 1.42 bits per heavy atom. The molecule has 4 atom stereocenters. The minimum atomic E-state index is 0.0486. The van der Waals surface area contributed by atoms with Gasteiger partial charge in [-0.3, -0.25) is 0 Å². The van der Waals surface area contributed by atoms with Crippen LogP contribution >= 0.6 is 0 Å². The van der Waals surface area contributed by atoms with E-state index < -0.39 is 0 Å². The zero-order valence-electron chi connectivity index (χ0n) is 11.8. The Bertz CT molecular complexity index is 250. The summed E-state index contributed by atoms with van der Waals surface area (Å²) in [6, 6.07) is 0. The van der Waals surface area contributed by atoms with E-state index in [1.807, 2.05) is 12.2 Å². The van der Waals surface area contributed by atoms with E-state index in [1.165, 1.54) is 0 Å². The van der Waals surface area contributed by atoms with E-state index in [-0.39, 0.29) is 12.2 Å². The van der Waals surface area contributed by atoms with Crippen LogP contribution in [-0.4, -0.2) is 37.6 Å². The van der Waals surface area contributed by atoms with Crippen LogP contribution in [0.5, 0.6) is 0 Å². The molecule has 0 bridgehead atoms. The molecule has 0 N–H and O–H groups in total. The van der Waals surface area contributed by atoms with Crippen LogP contribution in [0, 0.1) is 0 Å². The summed E-state index contributed by atoms with van der Waals surface area (Å²) in [4.78, 5) is 0. The van der Waals surface area contributed by atoms with Gasteiger partial charge in [0.25, 0.3) is 0 Å². The van der Waals surface area contributed by atoms with Gasteiger partial charge in [0.2, 0.25) is 0 Å². The summed E-state index contributed by atoms with van der Waals surface area (Å²) >= 11 is 0. The summed E-state index contributed by atoms with van der Waals surface area (Å²) < 4.78 is 17.4. The molecule has 3 nitrogen and oxygen atoms in total. The highest BCUT2D eigenvalue weighted by Gasteiger charge is 2.24. The van der Waals surface area contributed by atoms with E-state index in [4.69, 9.17) is 14.2 Å². The topological polar surface area (TPSA) is 27.7 Å². The normalized spacial score (nSPS) is 30.1. The Balaban J connectivity index is 1.76. The van der Waals surface area contributed by atoms with Gasteiger partial charge >= 0.3 is 0 Å². The first-order valence-electron chi connectivity index (χ1n) is 7.45. The van der Waals surface area contributed by atoms with Gasteiger partial charge in [-0.15, -0.1) is 13.2 Å². The summed E-state index contributed by atoms with van der Waals surface area (Å²) in [6.07, 6.45) is 10.9. The van der Waals surface area contributed by atoms with Gasteiger partial charge in [-0.2, -0.15) is 0 Å². The second kappa shape index (κ2) is 7.83. The van der Waals surface area contributed by atoms with Gasteiger partial charge in [0, 0.05) is 26.1 Å². The van der Waals surface area contributed by atoms with Gasteiger partial charge in [0.1, 0.15) is 0 Å².